The molecule has 0 unspecified atom stereocenters. The molecule has 0 fully saturated rings. The highest BCUT2D eigenvalue weighted by molar-refractivity contribution is 5.79. The molecule has 0 aliphatic carbocycles. The molecule has 0 saturated carbocycles. The minimum atomic E-state index is 0.286. The SMILES string of the molecule is NCc1cnc(Oc2cnc3ccccc3c2)nc1. The van der Waals surface area contributed by atoms with E-state index in [1.165, 1.54) is 0 Å². The molecule has 2 aromatic heterocycles. The highest BCUT2D eigenvalue weighted by Gasteiger charge is 2.02. The molecule has 0 aliphatic heterocycles. The largest absolute Gasteiger partial charge is 0.423 e. The number of aromatic nitrogens is 3. The molecule has 5 nitrogen and oxygen atoms in total. The molecule has 0 aliphatic rings. The molecule has 2 N–H and O–H groups in total. The fraction of sp³-hybridized carbons (Fsp3) is 0.0714. The molecular weight excluding hydrogens is 240 g/mol. The third kappa shape index (κ3) is 2.51. The third-order valence-electron chi connectivity index (χ3n) is 2.69. The third-order valence-corrected chi connectivity index (χ3v) is 2.69. The van der Waals surface area contributed by atoms with Crippen LogP contribution in [0.5, 0.6) is 11.8 Å². The average molecular weight is 252 g/mol. The van der Waals surface area contributed by atoms with Crippen molar-refractivity contribution in [3.8, 4) is 11.8 Å². The summed E-state index contributed by atoms with van der Waals surface area (Å²) in [7, 11) is 0. The molecule has 0 amide bonds. The van der Waals surface area contributed by atoms with Gasteiger partial charge in [-0.2, -0.15) is 0 Å². The first-order valence-electron chi connectivity index (χ1n) is 5.89. The lowest BCUT2D eigenvalue weighted by molar-refractivity contribution is 0.440. The van der Waals surface area contributed by atoms with Crippen LogP contribution in [-0.2, 0) is 6.54 Å². The van der Waals surface area contributed by atoms with Gasteiger partial charge in [0.05, 0.1) is 11.7 Å². The van der Waals surface area contributed by atoms with Gasteiger partial charge in [0.25, 0.3) is 0 Å². The fourth-order valence-corrected chi connectivity index (χ4v) is 1.71. The van der Waals surface area contributed by atoms with E-state index in [1.54, 1.807) is 18.6 Å². The van der Waals surface area contributed by atoms with Crippen molar-refractivity contribution < 1.29 is 4.74 Å². The Hall–Kier alpha value is -2.53. The lowest BCUT2D eigenvalue weighted by Crippen LogP contribution is -1.99. The Morgan fingerprint density at radius 3 is 2.58 bits per heavy atom. The van der Waals surface area contributed by atoms with Gasteiger partial charge in [0.15, 0.2) is 0 Å². The molecule has 5 heteroatoms. The van der Waals surface area contributed by atoms with E-state index < -0.39 is 0 Å². The van der Waals surface area contributed by atoms with Crippen LogP contribution in [0.2, 0.25) is 0 Å². The van der Waals surface area contributed by atoms with Crippen LogP contribution in [0.1, 0.15) is 5.56 Å². The van der Waals surface area contributed by atoms with Gasteiger partial charge >= 0.3 is 6.01 Å². The summed E-state index contributed by atoms with van der Waals surface area (Å²) in [6.07, 6.45) is 4.95. The van der Waals surface area contributed by atoms with Crippen molar-refractivity contribution in [3.63, 3.8) is 0 Å². The van der Waals surface area contributed by atoms with E-state index in [-0.39, 0.29) is 6.01 Å². The van der Waals surface area contributed by atoms with Crippen molar-refractivity contribution >= 4 is 10.9 Å². The predicted octanol–water partition coefficient (Wildman–Crippen LogP) is 2.28. The number of fused-ring (bicyclic) bond motifs is 1. The molecule has 19 heavy (non-hydrogen) atoms. The number of pyridine rings is 1. The second-order valence-electron chi connectivity index (χ2n) is 4.04. The summed E-state index contributed by atoms with van der Waals surface area (Å²) >= 11 is 0. The topological polar surface area (TPSA) is 73.9 Å². The Balaban J connectivity index is 1.87. The molecule has 3 rings (SSSR count). The zero-order chi connectivity index (χ0) is 13.1. The monoisotopic (exact) mass is 252 g/mol. The molecule has 0 bridgehead atoms. The summed E-state index contributed by atoms with van der Waals surface area (Å²) in [5, 5.41) is 1.01. The smallest absolute Gasteiger partial charge is 0.321 e. The van der Waals surface area contributed by atoms with Crippen molar-refractivity contribution in [3.05, 3.63) is 54.5 Å². The lowest BCUT2D eigenvalue weighted by atomic mass is 10.2. The number of ether oxygens (including phenoxy) is 1. The Bertz CT molecular complexity index is 697. The van der Waals surface area contributed by atoms with Crippen molar-refractivity contribution in [2.75, 3.05) is 0 Å². The first-order chi connectivity index (χ1) is 9.35. The summed E-state index contributed by atoms with van der Waals surface area (Å²) in [6, 6.07) is 10.0. The summed E-state index contributed by atoms with van der Waals surface area (Å²) < 4.78 is 5.56. The van der Waals surface area contributed by atoms with Crippen molar-refractivity contribution in [2.24, 2.45) is 5.73 Å². The summed E-state index contributed by atoms with van der Waals surface area (Å²) in [5.74, 6) is 0.610. The zero-order valence-electron chi connectivity index (χ0n) is 10.2. The summed E-state index contributed by atoms with van der Waals surface area (Å²) in [4.78, 5) is 12.5. The number of benzene rings is 1. The minimum absolute atomic E-state index is 0.286. The van der Waals surface area contributed by atoms with Crippen molar-refractivity contribution in [2.45, 2.75) is 6.54 Å². The minimum Gasteiger partial charge on any atom is -0.423 e. The number of nitrogens with zero attached hydrogens (tertiary/aromatic N) is 3. The van der Waals surface area contributed by atoms with Crippen LogP contribution in [0, 0.1) is 0 Å². The predicted molar refractivity (Wildman–Crippen MR) is 71.7 cm³/mol. The van der Waals surface area contributed by atoms with E-state index in [2.05, 4.69) is 15.0 Å². The maximum absolute atomic E-state index is 5.56. The Labute approximate surface area is 110 Å². The lowest BCUT2D eigenvalue weighted by Gasteiger charge is -2.04. The van der Waals surface area contributed by atoms with Gasteiger partial charge in [-0.05, 0) is 12.1 Å². The average Bonchev–Trinajstić information content (AvgIpc) is 2.48. The fourth-order valence-electron chi connectivity index (χ4n) is 1.71. The van der Waals surface area contributed by atoms with Gasteiger partial charge in [-0.3, -0.25) is 4.98 Å². The highest BCUT2D eigenvalue weighted by atomic mass is 16.5. The van der Waals surface area contributed by atoms with Crippen LogP contribution in [-0.4, -0.2) is 15.0 Å². The molecule has 1 aromatic carbocycles. The summed E-state index contributed by atoms with van der Waals surface area (Å²) in [5.41, 5.74) is 7.27. The maximum Gasteiger partial charge on any atom is 0.321 e. The van der Waals surface area contributed by atoms with E-state index in [0.29, 0.717) is 12.3 Å². The molecule has 3 aromatic rings. The number of para-hydroxylation sites is 1. The highest BCUT2D eigenvalue weighted by Crippen LogP contribution is 2.21. The number of nitrogens with two attached hydrogens (primary N) is 1. The van der Waals surface area contributed by atoms with Crippen LogP contribution < -0.4 is 10.5 Å². The standard InChI is InChI=1S/C14H12N4O/c15-6-10-7-17-14(18-8-10)19-12-5-11-3-1-2-4-13(11)16-9-12/h1-5,7-9H,6,15H2. The molecule has 0 atom stereocenters. The normalized spacial score (nSPS) is 10.6. The Kier molecular flexibility index (Phi) is 3.04. The molecule has 94 valence electrons. The second-order valence-corrected chi connectivity index (χ2v) is 4.04. The van der Waals surface area contributed by atoms with Gasteiger partial charge in [0.1, 0.15) is 5.75 Å². The van der Waals surface area contributed by atoms with E-state index in [1.807, 2.05) is 30.3 Å². The summed E-state index contributed by atoms with van der Waals surface area (Å²) in [6.45, 7) is 0.414. The molecule has 2 heterocycles. The molecule has 0 radical (unpaired) electrons. The first kappa shape index (κ1) is 11.6. The van der Waals surface area contributed by atoms with Crippen LogP contribution in [0.3, 0.4) is 0 Å². The zero-order valence-corrected chi connectivity index (χ0v) is 10.2. The van der Waals surface area contributed by atoms with E-state index in [4.69, 9.17) is 10.5 Å². The van der Waals surface area contributed by atoms with Crippen LogP contribution in [0.15, 0.2) is 48.9 Å². The van der Waals surface area contributed by atoms with Crippen LogP contribution >= 0.6 is 0 Å². The van der Waals surface area contributed by atoms with Gasteiger partial charge in [0.2, 0.25) is 0 Å². The number of rotatable bonds is 3. The van der Waals surface area contributed by atoms with Crippen LogP contribution in [0.4, 0.5) is 0 Å². The van der Waals surface area contributed by atoms with Crippen molar-refractivity contribution in [1.82, 2.24) is 15.0 Å². The first-order valence-corrected chi connectivity index (χ1v) is 5.89. The second kappa shape index (κ2) is 4.99. The van der Waals surface area contributed by atoms with Gasteiger partial charge in [0, 0.05) is 29.9 Å². The van der Waals surface area contributed by atoms with E-state index in [9.17, 15) is 0 Å². The van der Waals surface area contributed by atoms with Crippen molar-refractivity contribution in [1.29, 1.82) is 0 Å². The van der Waals surface area contributed by atoms with E-state index in [0.717, 1.165) is 16.5 Å². The number of hydrogen-bond acceptors (Lipinski definition) is 5. The van der Waals surface area contributed by atoms with Gasteiger partial charge < -0.3 is 10.5 Å². The molecular formula is C14H12N4O. The molecule has 0 saturated heterocycles. The molecule has 0 spiro atoms. The van der Waals surface area contributed by atoms with Gasteiger partial charge in [-0.25, -0.2) is 9.97 Å². The van der Waals surface area contributed by atoms with E-state index >= 15 is 0 Å². The number of hydrogen-bond donors (Lipinski definition) is 1. The quantitative estimate of drug-likeness (QED) is 0.774. The maximum atomic E-state index is 5.56. The van der Waals surface area contributed by atoms with Crippen LogP contribution in [0.25, 0.3) is 10.9 Å². The van der Waals surface area contributed by atoms with Gasteiger partial charge in [-0.1, -0.05) is 18.2 Å². The van der Waals surface area contributed by atoms with Gasteiger partial charge in [-0.15, -0.1) is 0 Å². The Morgan fingerprint density at radius 1 is 1.00 bits per heavy atom. The Morgan fingerprint density at radius 2 is 1.79 bits per heavy atom.